The van der Waals surface area contributed by atoms with Crippen LogP contribution in [-0.4, -0.2) is 54.5 Å². The molecule has 1 aliphatic heterocycles. The molecule has 1 aromatic rings. The molecule has 2 aliphatic rings. The van der Waals surface area contributed by atoms with Crippen molar-refractivity contribution < 1.29 is 4.79 Å². The van der Waals surface area contributed by atoms with Crippen molar-refractivity contribution in [2.45, 2.75) is 64.8 Å². The third kappa shape index (κ3) is 6.30. The van der Waals surface area contributed by atoms with Gasteiger partial charge in [-0.15, -0.1) is 35.3 Å². The molecule has 28 heavy (non-hydrogen) atoms. The summed E-state index contributed by atoms with van der Waals surface area (Å²) in [7, 11) is 1.80. The van der Waals surface area contributed by atoms with Gasteiger partial charge in [0.2, 0.25) is 5.91 Å². The highest BCUT2D eigenvalue weighted by Crippen LogP contribution is 2.26. The van der Waals surface area contributed by atoms with Crippen molar-refractivity contribution >= 4 is 47.2 Å². The van der Waals surface area contributed by atoms with Gasteiger partial charge in [-0.3, -0.25) is 9.79 Å². The van der Waals surface area contributed by atoms with Gasteiger partial charge in [-0.05, 0) is 33.1 Å². The second-order valence-corrected chi connectivity index (χ2v) is 9.03. The van der Waals surface area contributed by atoms with Crippen molar-refractivity contribution in [2.24, 2.45) is 10.9 Å². The second-order valence-electron chi connectivity index (χ2n) is 7.74. The fourth-order valence-corrected chi connectivity index (χ4v) is 5.11. The molecule has 6 nitrogen and oxygen atoms in total. The number of carbonyl (C=O) groups is 1. The third-order valence-corrected chi connectivity index (χ3v) is 6.80. The number of hydrogen-bond acceptors (Lipinski definition) is 4. The van der Waals surface area contributed by atoms with Crippen molar-refractivity contribution in [2.75, 3.05) is 26.7 Å². The van der Waals surface area contributed by atoms with Gasteiger partial charge < -0.3 is 15.5 Å². The molecule has 1 atom stereocenters. The molecule has 0 bridgehead atoms. The van der Waals surface area contributed by atoms with E-state index in [4.69, 9.17) is 0 Å². The Hall–Kier alpha value is -0.900. The number of aromatic nitrogens is 1. The van der Waals surface area contributed by atoms with Gasteiger partial charge in [0.25, 0.3) is 0 Å². The van der Waals surface area contributed by atoms with Crippen LogP contribution in [0.4, 0.5) is 0 Å². The topological polar surface area (TPSA) is 69.6 Å². The number of nitrogens with zero attached hydrogens (tertiary/aromatic N) is 3. The average molecular weight is 519 g/mol. The second kappa shape index (κ2) is 11.3. The Kier molecular flexibility index (Phi) is 9.46. The molecule has 3 rings (SSSR count). The van der Waals surface area contributed by atoms with Crippen LogP contribution < -0.4 is 10.6 Å². The fourth-order valence-electron chi connectivity index (χ4n) is 4.17. The van der Waals surface area contributed by atoms with E-state index < -0.39 is 0 Å². The van der Waals surface area contributed by atoms with E-state index in [-0.39, 0.29) is 35.9 Å². The Morgan fingerprint density at radius 1 is 1.25 bits per heavy atom. The Morgan fingerprint density at radius 3 is 2.64 bits per heavy atom. The molecule has 8 heteroatoms. The van der Waals surface area contributed by atoms with Crippen molar-refractivity contribution in [1.82, 2.24) is 20.5 Å². The van der Waals surface area contributed by atoms with Gasteiger partial charge in [0.1, 0.15) is 0 Å². The Bertz CT molecular complexity index is 672. The summed E-state index contributed by atoms with van der Waals surface area (Å²) in [6, 6.07) is 0.288. The number of aliphatic imine (C=N–C) groups is 1. The van der Waals surface area contributed by atoms with Crippen LogP contribution in [0, 0.1) is 19.8 Å². The monoisotopic (exact) mass is 519 g/mol. The fraction of sp³-hybridized carbons (Fsp3) is 0.750. The van der Waals surface area contributed by atoms with E-state index in [9.17, 15) is 4.79 Å². The van der Waals surface area contributed by atoms with E-state index in [0.29, 0.717) is 5.91 Å². The van der Waals surface area contributed by atoms with E-state index in [0.717, 1.165) is 62.0 Å². The number of amides is 1. The maximum Gasteiger partial charge on any atom is 0.225 e. The van der Waals surface area contributed by atoms with Gasteiger partial charge in [-0.25, -0.2) is 4.98 Å². The lowest BCUT2D eigenvalue weighted by Gasteiger charge is -2.26. The lowest BCUT2D eigenvalue weighted by molar-refractivity contribution is -0.135. The predicted octanol–water partition coefficient (Wildman–Crippen LogP) is 3.27. The van der Waals surface area contributed by atoms with E-state index in [1.54, 1.807) is 18.4 Å². The van der Waals surface area contributed by atoms with Crippen LogP contribution in [0.5, 0.6) is 0 Å². The van der Waals surface area contributed by atoms with Crippen molar-refractivity contribution in [1.29, 1.82) is 0 Å². The summed E-state index contributed by atoms with van der Waals surface area (Å²) in [6.07, 6.45) is 7.81. The summed E-state index contributed by atoms with van der Waals surface area (Å²) >= 11 is 1.77. The zero-order chi connectivity index (χ0) is 19.2. The molecule has 1 aromatic heterocycles. The number of aryl methyl sites for hydroxylation is 2. The minimum atomic E-state index is 0. The molecular formula is C20H34IN5OS. The SMILES string of the molecule is CN=C(NCCc1sc(C)nc1C)NC1CCN(C(=O)C2CCCCC2)C1.I. The molecule has 0 spiro atoms. The number of thiazole rings is 1. The molecule has 1 aliphatic carbocycles. The molecule has 1 saturated heterocycles. The maximum absolute atomic E-state index is 12.7. The normalized spacial score (nSPS) is 20.8. The minimum Gasteiger partial charge on any atom is -0.356 e. The van der Waals surface area contributed by atoms with Crippen molar-refractivity contribution in [3.8, 4) is 0 Å². The lowest BCUT2D eigenvalue weighted by Crippen LogP contribution is -2.46. The Labute approximate surface area is 190 Å². The number of rotatable bonds is 5. The maximum atomic E-state index is 12.7. The minimum absolute atomic E-state index is 0. The van der Waals surface area contributed by atoms with Gasteiger partial charge in [0.15, 0.2) is 5.96 Å². The molecule has 1 amide bonds. The van der Waals surface area contributed by atoms with Crippen LogP contribution in [0.25, 0.3) is 0 Å². The number of hydrogen-bond donors (Lipinski definition) is 2. The number of guanidine groups is 1. The number of nitrogens with one attached hydrogen (secondary N) is 2. The summed E-state index contributed by atoms with van der Waals surface area (Å²) in [5, 5.41) is 8.02. The highest BCUT2D eigenvalue weighted by atomic mass is 127. The lowest BCUT2D eigenvalue weighted by atomic mass is 9.88. The van der Waals surface area contributed by atoms with E-state index >= 15 is 0 Å². The van der Waals surface area contributed by atoms with Gasteiger partial charge in [0.05, 0.1) is 10.7 Å². The van der Waals surface area contributed by atoms with E-state index in [1.165, 1.54) is 24.1 Å². The molecule has 0 radical (unpaired) electrons. The van der Waals surface area contributed by atoms with E-state index in [2.05, 4.69) is 39.4 Å². The first-order chi connectivity index (χ1) is 13.1. The summed E-state index contributed by atoms with van der Waals surface area (Å²) < 4.78 is 0. The van der Waals surface area contributed by atoms with Crippen LogP contribution in [0.2, 0.25) is 0 Å². The number of halogens is 1. The van der Waals surface area contributed by atoms with Crippen LogP contribution in [0.15, 0.2) is 4.99 Å². The molecule has 1 unspecified atom stereocenters. The third-order valence-electron chi connectivity index (χ3n) is 5.66. The Morgan fingerprint density at radius 2 is 2.00 bits per heavy atom. The zero-order valence-electron chi connectivity index (χ0n) is 17.3. The summed E-state index contributed by atoms with van der Waals surface area (Å²) in [5.74, 6) is 1.46. The number of likely N-dealkylation sites (tertiary alicyclic amines) is 1. The smallest absolute Gasteiger partial charge is 0.225 e. The first-order valence-electron chi connectivity index (χ1n) is 10.3. The van der Waals surface area contributed by atoms with E-state index in [1.807, 2.05) is 0 Å². The van der Waals surface area contributed by atoms with Crippen LogP contribution >= 0.6 is 35.3 Å². The standard InChI is InChI=1S/C20H33N5OS.HI/c1-14-18(27-15(2)23-14)9-11-22-20(21-3)24-17-10-12-25(13-17)19(26)16-7-5-4-6-8-16;/h16-17H,4-13H2,1-3H3,(H2,21,22,24);1H. The zero-order valence-corrected chi connectivity index (χ0v) is 20.4. The molecule has 158 valence electrons. The molecule has 1 saturated carbocycles. The average Bonchev–Trinajstić information content (AvgIpc) is 3.27. The van der Waals surface area contributed by atoms with Crippen molar-refractivity contribution in [3.63, 3.8) is 0 Å². The van der Waals surface area contributed by atoms with Crippen molar-refractivity contribution in [3.05, 3.63) is 15.6 Å². The summed E-state index contributed by atoms with van der Waals surface area (Å²) in [4.78, 5) is 24.9. The molecular weight excluding hydrogens is 485 g/mol. The summed E-state index contributed by atoms with van der Waals surface area (Å²) in [5.41, 5.74) is 1.13. The first-order valence-corrected chi connectivity index (χ1v) is 11.1. The first kappa shape index (κ1) is 23.4. The highest BCUT2D eigenvalue weighted by Gasteiger charge is 2.31. The van der Waals surface area contributed by atoms with Gasteiger partial charge in [0, 0.05) is 49.9 Å². The quantitative estimate of drug-likeness (QED) is 0.356. The number of carbonyl (C=O) groups excluding carboxylic acids is 1. The molecule has 2 N–H and O–H groups in total. The predicted molar refractivity (Wildman–Crippen MR) is 127 cm³/mol. The highest BCUT2D eigenvalue weighted by molar-refractivity contribution is 14.0. The molecule has 0 aromatic carbocycles. The van der Waals surface area contributed by atoms with Gasteiger partial charge in [-0.2, -0.15) is 0 Å². The van der Waals surface area contributed by atoms with Crippen LogP contribution in [-0.2, 0) is 11.2 Å². The Balaban J connectivity index is 0.00000280. The summed E-state index contributed by atoms with van der Waals surface area (Å²) in [6.45, 7) is 6.62. The van der Waals surface area contributed by atoms with Gasteiger partial charge in [-0.1, -0.05) is 19.3 Å². The van der Waals surface area contributed by atoms with Gasteiger partial charge >= 0.3 is 0 Å². The molecule has 2 heterocycles. The molecule has 2 fully saturated rings. The largest absolute Gasteiger partial charge is 0.356 e. The van der Waals surface area contributed by atoms with Crippen LogP contribution in [0.1, 0.15) is 54.1 Å². The van der Waals surface area contributed by atoms with Crippen LogP contribution in [0.3, 0.4) is 0 Å².